The minimum atomic E-state index is 0.308. The molecule has 0 spiro atoms. The predicted molar refractivity (Wildman–Crippen MR) is 49.8 cm³/mol. The van der Waals surface area contributed by atoms with Crippen molar-refractivity contribution in [3.63, 3.8) is 0 Å². The lowest BCUT2D eigenvalue weighted by molar-refractivity contribution is 0.00514. The zero-order valence-electron chi connectivity index (χ0n) is 8.61. The fraction of sp³-hybridized carbons (Fsp3) is 1.00. The SMILES string of the molecule is CCC(CC)OCC(C)(C)C. The molecule has 0 aromatic heterocycles. The third-order valence-electron chi connectivity index (χ3n) is 1.66. The molecular weight excluding hydrogens is 136 g/mol. The summed E-state index contributed by atoms with van der Waals surface area (Å²) in [4.78, 5) is 0. The van der Waals surface area contributed by atoms with Crippen molar-refractivity contribution >= 4 is 0 Å². The van der Waals surface area contributed by atoms with Crippen molar-refractivity contribution in [3.8, 4) is 0 Å². The van der Waals surface area contributed by atoms with Gasteiger partial charge in [-0.3, -0.25) is 0 Å². The van der Waals surface area contributed by atoms with E-state index in [0.717, 1.165) is 19.4 Å². The Labute approximate surface area is 71.1 Å². The fourth-order valence-electron chi connectivity index (χ4n) is 0.892. The van der Waals surface area contributed by atoms with E-state index in [1.165, 1.54) is 0 Å². The van der Waals surface area contributed by atoms with Gasteiger partial charge in [0.15, 0.2) is 0 Å². The molecule has 0 bridgehead atoms. The van der Waals surface area contributed by atoms with Crippen molar-refractivity contribution in [3.05, 3.63) is 0 Å². The molecule has 1 heteroatoms. The van der Waals surface area contributed by atoms with Gasteiger partial charge >= 0.3 is 0 Å². The monoisotopic (exact) mass is 158 g/mol. The van der Waals surface area contributed by atoms with Crippen LogP contribution in [-0.4, -0.2) is 12.7 Å². The van der Waals surface area contributed by atoms with Crippen LogP contribution < -0.4 is 0 Å². The Morgan fingerprint density at radius 3 is 1.82 bits per heavy atom. The third kappa shape index (κ3) is 6.36. The summed E-state index contributed by atoms with van der Waals surface area (Å²) in [6.07, 6.45) is 2.73. The van der Waals surface area contributed by atoms with E-state index in [4.69, 9.17) is 4.74 Å². The molecule has 0 aliphatic rings. The quantitative estimate of drug-likeness (QED) is 0.610. The van der Waals surface area contributed by atoms with Gasteiger partial charge in [-0.1, -0.05) is 34.6 Å². The molecule has 0 aromatic carbocycles. The van der Waals surface area contributed by atoms with Gasteiger partial charge in [0.05, 0.1) is 12.7 Å². The Morgan fingerprint density at radius 1 is 1.09 bits per heavy atom. The van der Waals surface area contributed by atoms with Crippen LogP contribution in [0.4, 0.5) is 0 Å². The van der Waals surface area contributed by atoms with E-state index < -0.39 is 0 Å². The van der Waals surface area contributed by atoms with E-state index in [2.05, 4.69) is 34.6 Å². The summed E-state index contributed by atoms with van der Waals surface area (Å²) < 4.78 is 5.70. The minimum absolute atomic E-state index is 0.308. The molecule has 0 heterocycles. The second-order valence-corrected chi connectivity index (χ2v) is 4.31. The number of hydrogen-bond donors (Lipinski definition) is 0. The van der Waals surface area contributed by atoms with Crippen LogP contribution in [0.15, 0.2) is 0 Å². The highest BCUT2D eigenvalue weighted by Crippen LogP contribution is 2.15. The zero-order chi connectivity index (χ0) is 8.91. The van der Waals surface area contributed by atoms with Gasteiger partial charge in [-0.2, -0.15) is 0 Å². The third-order valence-corrected chi connectivity index (χ3v) is 1.66. The predicted octanol–water partition coefficient (Wildman–Crippen LogP) is 3.24. The van der Waals surface area contributed by atoms with E-state index in [9.17, 15) is 0 Å². The molecule has 1 nitrogen and oxygen atoms in total. The minimum Gasteiger partial charge on any atom is -0.378 e. The average Bonchev–Trinajstić information content (AvgIpc) is 1.88. The van der Waals surface area contributed by atoms with E-state index in [1.54, 1.807) is 0 Å². The standard InChI is InChI=1S/C10H22O/c1-6-9(7-2)11-8-10(3,4)5/h9H,6-8H2,1-5H3. The molecule has 0 aliphatic heterocycles. The summed E-state index contributed by atoms with van der Waals surface area (Å²) in [5.41, 5.74) is 0.308. The Morgan fingerprint density at radius 2 is 1.55 bits per heavy atom. The van der Waals surface area contributed by atoms with Crippen molar-refractivity contribution < 1.29 is 4.74 Å². The summed E-state index contributed by atoms with van der Waals surface area (Å²) in [7, 11) is 0. The van der Waals surface area contributed by atoms with Gasteiger partial charge in [-0.25, -0.2) is 0 Å². The molecule has 11 heavy (non-hydrogen) atoms. The summed E-state index contributed by atoms with van der Waals surface area (Å²) in [5, 5.41) is 0. The lowest BCUT2D eigenvalue weighted by Gasteiger charge is -2.22. The Kier molecular flexibility index (Phi) is 4.74. The summed E-state index contributed by atoms with van der Waals surface area (Å²) in [5.74, 6) is 0. The molecule has 0 atom stereocenters. The van der Waals surface area contributed by atoms with Crippen molar-refractivity contribution in [2.75, 3.05) is 6.61 Å². The molecule has 0 aliphatic carbocycles. The highest BCUT2D eigenvalue weighted by Gasteiger charge is 2.12. The molecular formula is C10H22O. The second-order valence-electron chi connectivity index (χ2n) is 4.31. The van der Waals surface area contributed by atoms with Gasteiger partial charge in [0.25, 0.3) is 0 Å². The lowest BCUT2D eigenvalue weighted by atomic mass is 9.98. The van der Waals surface area contributed by atoms with E-state index in [0.29, 0.717) is 11.5 Å². The van der Waals surface area contributed by atoms with E-state index in [1.807, 2.05) is 0 Å². The zero-order valence-corrected chi connectivity index (χ0v) is 8.61. The van der Waals surface area contributed by atoms with Crippen molar-refractivity contribution in [2.45, 2.75) is 53.6 Å². The molecule has 0 saturated carbocycles. The van der Waals surface area contributed by atoms with E-state index in [-0.39, 0.29) is 0 Å². The van der Waals surface area contributed by atoms with Crippen LogP contribution in [0, 0.1) is 5.41 Å². The largest absolute Gasteiger partial charge is 0.378 e. The van der Waals surface area contributed by atoms with Crippen molar-refractivity contribution in [1.82, 2.24) is 0 Å². The second kappa shape index (κ2) is 4.76. The summed E-state index contributed by atoms with van der Waals surface area (Å²) >= 11 is 0. The summed E-state index contributed by atoms with van der Waals surface area (Å²) in [6.45, 7) is 11.8. The normalized spacial score (nSPS) is 12.5. The maximum Gasteiger partial charge on any atom is 0.0570 e. The first-order valence-corrected chi connectivity index (χ1v) is 4.61. The van der Waals surface area contributed by atoms with Crippen LogP contribution >= 0.6 is 0 Å². The van der Waals surface area contributed by atoms with Crippen LogP contribution in [0.5, 0.6) is 0 Å². The molecule has 0 saturated heterocycles. The molecule has 0 rings (SSSR count). The highest BCUT2D eigenvalue weighted by molar-refractivity contribution is 4.61. The highest BCUT2D eigenvalue weighted by atomic mass is 16.5. The van der Waals surface area contributed by atoms with Crippen LogP contribution in [0.1, 0.15) is 47.5 Å². The maximum atomic E-state index is 5.70. The van der Waals surface area contributed by atoms with E-state index >= 15 is 0 Å². The van der Waals surface area contributed by atoms with Gasteiger partial charge in [0.1, 0.15) is 0 Å². The first-order valence-electron chi connectivity index (χ1n) is 4.61. The van der Waals surface area contributed by atoms with Crippen LogP contribution in [0.25, 0.3) is 0 Å². The lowest BCUT2D eigenvalue weighted by Crippen LogP contribution is -2.20. The summed E-state index contributed by atoms with van der Waals surface area (Å²) in [6, 6.07) is 0. The molecule has 0 N–H and O–H groups in total. The first-order chi connectivity index (χ1) is 4.99. The Balaban J connectivity index is 3.51. The topological polar surface area (TPSA) is 9.23 Å². The van der Waals surface area contributed by atoms with Gasteiger partial charge in [-0.15, -0.1) is 0 Å². The molecule has 0 aromatic rings. The van der Waals surface area contributed by atoms with Crippen LogP contribution in [0.3, 0.4) is 0 Å². The van der Waals surface area contributed by atoms with Crippen molar-refractivity contribution in [1.29, 1.82) is 0 Å². The fourth-order valence-corrected chi connectivity index (χ4v) is 0.892. The van der Waals surface area contributed by atoms with Crippen LogP contribution in [0.2, 0.25) is 0 Å². The van der Waals surface area contributed by atoms with Gasteiger partial charge in [0, 0.05) is 0 Å². The van der Waals surface area contributed by atoms with Gasteiger partial charge < -0.3 is 4.74 Å². The molecule has 0 radical (unpaired) electrons. The molecule has 0 fully saturated rings. The molecule has 68 valence electrons. The first kappa shape index (κ1) is 11.0. The van der Waals surface area contributed by atoms with Crippen LogP contribution in [-0.2, 0) is 4.74 Å². The van der Waals surface area contributed by atoms with Gasteiger partial charge in [0.2, 0.25) is 0 Å². The number of hydrogen-bond acceptors (Lipinski definition) is 1. The number of rotatable bonds is 4. The molecule has 0 amide bonds. The number of ether oxygens (including phenoxy) is 1. The van der Waals surface area contributed by atoms with Crippen molar-refractivity contribution in [2.24, 2.45) is 5.41 Å². The molecule has 0 unspecified atom stereocenters. The smallest absolute Gasteiger partial charge is 0.0570 e. The maximum absolute atomic E-state index is 5.70. The Bertz CT molecular complexity index is 87.5. The average molecular weight is 158 g/mol. The van der Waals surface area contributed by atoms with Gasteiger partial charge in [-0.05, 0) is 18.3 Å². The Hall–Kier alpha value is -0.0400.